The first-order valence-electron chi connectivity index (χ1n) is 10.5. The van der Waals surface area contributed by atoms with E-state index in [0.717, 1.165) is 16.5 Å². The molecule has 2 aromatic carbocycles. The number of rotatable bonds is 5. The summed E-state index contributed by atoms with van der Waals surface area (Å²) in [5.74, 6) is -0.0793. The molecule has 0 saturated carbocycles. The molecule has 2 heterocycles. The standard InChI is InChI=1S/C24H21FN4O.C2H7N/c1-24(2,18-7-9-21-15(12-18)4-3-11-27-21)29-23-20(26)8-10-22(28-23)16-5-6-17(14-30)19(25)13-16;1-3-2/h3-14H,26H2,1-2H3,(H,28,29);3H,1-2H3. The van der Waals surface area contributed by atoms with Crippen molar-refractivity contribution in [1.82, 2.24) is 15.3 Å². The fourth-order valence-corrected chi connectivity index (χ4v) is 3.35. The van der Waals surface area contributed by atoms with Crippen molar-refractivity contribution < 1.29 is 9.18 Å². The number of hydrogen-bond donors (Lipinski definition) is 3. The lowest BCUT2D eigenvalue weighted by molar-refractivity contribution is 0.112. The molecule has 0 amide bonds. The van der Waals surface area contributed by atoms with Crippen molar-refractivity contribution in [3.05, 3.63) is 83.8 Å². The molecule has 0 aliphatic carbocycles. The van der Waals surface area contributed by atoms with E-state index in [0.29, 0.717) is 29.0 Å². The summed E-state index contributed by atoms with van der Waals surface area (Å²) in [4.78, 5) is 19.8. The van der Waals surface area contributed by atoms with E-state index < -0.39 is 11.4 Å². The molecule has 0 fully saturated rings. The number of pyridine rings is 2. The molecule has 170 valence electrons. The van der Waals surface area contributed by atoms with Crippen LogP contribution in [-0.4, -0.2) is 30.3 Å². The van der Waals surface area contributed by atoms with Crippen LogP contribution in [-0.2, 0) is 5.54 Å². The molecule has 0 bridgehead atoms. The van der Waals surface area contributed by atoms with Gasteiger partial charge in [0.2, 0.25) is 0 Å². The lowest BCUT2D eigenvalue weighted by Crippen LogP contribution is -2.29. The second-order valence-electron chi connectivity index (χ2n) is 8.15. The van der Waals surface area contributed by atoms with Crippen LogP contribution in [0, 0.1) is 5.82 Å². The van der Waals surface area contributed by atoms with Gasteiger partial charge in [0.15, 0.2) is 12.1 Å². The number of carbonyl (C=O) groups excluding carboxylic acids is 1. The molecule has 0 aliphatic rings. The Morgan fingerprint density at radius 3 is 2.48 bits per heavy atom. The number of aromatic nitrogens is 2. The molecular formula is C26H28FN5O. The highest BCUT2D eigenvalue weighted by Crippen LogP contribution is 2.31. The lowest BCUT2D eigenvalue weighted by Gasteiger charge is -2.28. The van der Waals surface area contributed by atoms with Gasteiger partial charge in [-0.2, -0.15) is 0 Å². The maximum atomic E-state index is 14.0. The second kappa shape index (κ2) is 10.2. The lowest BCUT2D eigenvalue weighted by atomic mass is 9.93. The third-order valence-corrected chi connectivity index (χ3v) is 5.11. The molecule has 0 spiro atoms. The van der Waals surface area contributed by atoms with Crippen molar-refractivity contribution in [3.63, 3.8) is 0 Å². The summed E-state index contributed by atoms with van der Waals surface area (Å²) in [5.41, 5.74) is 9.29. The van der Waals surface area contributed by atoms with Gasteiger partial charge in [-0.15, -0.1) is 0 Å². The van der Waals surface area contributed by atoms with Gasteiger partial charge in [0.25, 0.3) is 0 Å². The molecule has 33 heavy (non-hydrogen) atoms. The number of fused-ring (bicyclic) bond motifs is 1. The Morgan fingerprint density at radius 2 is 1.79 bits per heavy atom. The summed E-state index contributed by atoms with van der Waals surface area (Å²) < 4.78 is 14.0. The Kier molecular flexibility index (Phi) is 7.35. The van der Waals surface area contributed by atoms with Crippen molar-refractivity contribution in [2.24, 2.45) is 0 Å². The molecule has 0 saturated heterocycles. The number of nitrogens with zero attached hydrogens (tertiary/aromatic N) is 2. The van der Waals surface area contributed by atoms with E-state index in [2.05, 4.69) is 26.7 Å². The fourth-order valence-electron chi connectivity index (χ4n) is 3.35. The smallest absolute Gasteiger partial charge is 0.152 e. The van der Waals surface area contributed by atoms with Gasteiger partial charge in [-0.3, -0.25) is 9.78 Å². The van der Waals surface area contributed by atoms with Crippen LogP contribution in [0.5, 0.6) is 0 Å². The van der Waals surface area contributed by atoms with Crippen LogP contribution >= 0.6 is 0 Å². The normalized spacial score (nSPS) is 10.9. The van der Waals surface area contributed by atoms with E-state index in [1.54, 1.807) is 24.4 Å². The predicted molar refractivity (Wildman–Crippen MR) is 133 cm³/mol. The summed E-state index contributed by atoms with van der Waals surface area (Å²) in [5, 5.41) is 7.20. The molecule has 0 radical (unpaired) electrons. The van der Waals surface area contributed by atoms with Crippen molar-refractivity contribution in [3.8, 4) is 11.3 Å². The van der Waals surface area contributed by atoms with Gasteiger partial charge in [0, 0.05) is 17.1 Å². The van der Waals surface area contributed by atoms with Gasteiger partial charge in [-0.05, 0) is 76.0 Å². The van der Waals surface area contributed by atoms with Crippen LogP contribution < -0.4 is 16.4 Å². The number of nitrogens with one attached hydrogen (secondary N) is 2. The Bertz CT molecular complexity index is 1270. The molecule has 4 N–H and O–H groups in total. The van der Waals surface area contributed by atoms with Crippen molar-refractivity contribution in [1.29, 1.82) is 0 Å². The molecule has 7 heteroatoms. The summed E-state index contributed by atoms with van der Waals surface area (Å²) in [6.45, 7) is 4.08. The Labute approximate surface area is 193 Å². The van der Waals surface area contributed by atoms with Crippen LogP contribution in [0.3, 0.4) is 0 Å². The average molecular weight is 446 g/mol. The zero-order chi connectivity index (χ0) is 24.0. The maximum Gasteiger partial charge on any atom is 0.152 e. The van der Waals surface area contributed by atoms with E-state index in [-0.39, 0.29) is 5.56 Å². The molecule has 0 aliphatic heterocycles. The van der Waals surface area contributed by atoms with E-state index >= 15 is 0 Å². The predicted octanol–water partition coefficient (Wildman–Crippen LogP) is 5.01. The van der Waals surface area contributed by atoms with Gasteiger partial charge < -0.3 is 16.4 Å². The quantitative estimate of drug-likeness (QED) is 0.374. The highest BCUT2D eigenvalue weighted by molar-refractivity contribution is 5.80. The van der Waals surface area contributed by atoms with E-state index in [1.165, 1.54) is 12.1 Å². The van der Waals surface area contributed by atoms with Gasteiger partial charge in [0.1, 0.15) is 5.82 Å². The number of anilines is 2. The van der Waals surface area contributed by atoms with E-state index in [9.17, 15) is 9.18 Å². The van der Waals surface area contributed by atoms with Gasteiger partial charge >= 0.3 is 0 Å². The minimum absolute atomic E-state index is 0.0134. The zero-order valence-electron chi connectivity index (χ0n) is 19.2. The molecule has 4 aromatic rings. The Balaban J connectivity index is 0.000000968. The minimum Gasteiger partial charge on any atom is -0.396 e. The van der Waals surface area contributed by atoms with Crippen LogP contribution in [0.25, 0.3) is 22.2 Å². The SMILES string of the molecule is CC(C)(Nc1nc(-c2ccc(C=O)c(F)c2)ccc1N)c1ccc2ncccc2c1.CNC. The monoisotopic (exact) mass is 445 g/mol. The first-order chi connectivity index (χ1) is 15.8. The first-order valence-corrected chi connectivity index (χ1v) is 10.5. The molecule has 4 rings (SSSR count). The third kappa shape index (κ3) is 5.51. The second-order valence-corrected chi connectivity index (χ2v) is 8.15. The topological polar surface area (TPSA) is 92.9 Å². The van der Waals surface area contributed by atoms with E-state index in [4.69, 9.17) is 5.73 Å². The number of carbonyl (C=O) groups is 1. The molecule has 0 atom stereocenters. The number of nitrogens with two attached hydrogens (primary N) is 1. The van der Waals surface area contributed by atoms with Crippen molar-refractivity contribution in [2.75, 3.05) is 25.1 Å². The van der Waals surface area contributed by atoms with E-state index in [1.807, 2.05) is 52.2 Å². The van der Waals surface area contributed by atoms with Crippen molar-refractivity contribution in [2.45, 2.75) is 19.4 Å². The minimum atomic E-state index is -0.583. The first kappa shape index (κ1) is 23.8. The Hall–Kier alpha value is -3.84. The number of halogens is 1. The third-order valence-electron chi connectivity index (χ3n) is 5.11. The average Bonchev–Trinajstić information content (AvgIpc) is 2.80. The van der Waals surface area contributed by atoms with Crippen LogP contribution in [0.15, 0.2) is 66.9 Å². The molecule has 2 aromatic heterocycles. The highest BCUT2D eigenvalue weighted by Gasteiger charge is 2.22. The summed E-state index contributed by atoms with van der Waals surface area (Å²) in [7, 11) is 3.75. The van der Waals surface area contributed by atoms with Gasteiger partial charge in [-0.25, -0.2) is 9.37 Å². The number of hydrogen-bond acceptors (Lipinski definition) is 6. The maximum absolute atomic E-state index is 14.0. The Morgan fingerprint density at radius 1 is 1.03 bits per heavy atom. The van der Waals surface area contributed by atoms with Crippen LogP contribution in [0.2, 0.25) is 0 Å². The fraction of sp³-hybridized carbons (Fsp3) is 0.192. The van der Waals surface area contributed by atoms with Crippen LogP contribution in [0.4, 0.5) is 15.9 Å². The number of benzene rings is 2. The molecular weight excluding hydrogens is 417 g/mol. The summed E-state index contributed by atoms with van der Waals surface area (Å²) >= 11 is 0. The summed E-state index contributed by atoms with van der Waals surface area (Å²) in [6, 6.07) is 17.9. The molecule has 0 unspecified atom stereocenters. The van der Waals surface area contributed by atoms with Gasteiger partial charge in [0.05, 0.1) is 28.0 Å². The van der Waals surface area contributed by atoms with Crippen molar-refractivity contribution >= 4 is 28.7 Å². The highest BCUT2D eigenvalue weighted by atomic mass is 19.1. The zero-order valence-corrected chi connectivity index (χ0v) is 19.2. The molecule has 6 nitrogen and oxygen atoms in total. The summed E-state index contributed by atoms with van der Waals surface area (Å²) in [6.07, 6.45) is 2.26. The number of aldehydes is 1. The number of nitrogen functional groups attached to an aromatic ring is 1. The van der Waals surface area contributed by atoms with Crippen LogP contribution in [0.1, 0.15) is 29.8 Å². The largest absolute Gasteiger partial charge is 0.396 e. The van der Waals surface area contributed by atoms with Gasteiger partial charge in [-0.1, -0.05) is 18.2 Å².